The van der Waals surface area contributed by atoms with Crippen molar-refractivity contribution in [3.05, 3.63) is 54.1 Å². The highest BCUT2D eigenvalue weighted by molar-refractivity contribution is 5.76. The number of hydrogen-bond donors (Lipinski definition) is 1. The Hall–Kier alpha value is -2.33. The molecule has 22 heavy (non-hydrogen) atoms. The molecule has 0 bridgehead atoms. The molecule has 2 aromatic rings. The maximum Gasteiger partial charge on any atom is 0.323 e. The van der Waals surface area contributed by atoms with Crippen LogP contribution in [0.3, 0.4) is 0 Å². The molecule has 0 aliphatic carbocycles. The number of hydrogen-bond acceptors (Lipinski definition) is 4. The van der Waals surface area contributed by atoms with E-state index in [9.17, 15) is 4.79 Å². The van der Waals surface area contributed by atoms with Crippen molar-refractivity contribution in [3.63, 3.8) is 0 Å². The highest BCUT2D eigenvalue weighted by atomic mass is 16.5. The topological polar surface area (TPSA) is 61.5 Å². The third-order valence-corrected chi connectivity index (χ3v) is 3.40. The molecule has 0 saturated carbocycles. The second-order valence-electron chi connectivity index (χ2n) is 4.99. The standard InChI is InChI=1S/C18H21NO3/c1-3-22-18(20)17(19)12-13-5-4-6-15(11-13)14-7-9-16(21-2)10-8-14/h4-11,17H,3,12,19H2,1-2H3/t17-/m0/s1. The number of methoxy groups -OCH3 is 1. The largest absolute Gasteiger partial charge is 0.497 e. The molecule has 2 aromatic carbocycles. The van der Waals surface area contributed by atoms with E-state index in [0.717, 1.165) is 22.4 Å². The Morgan fingerprint density at radius 1 is 1.14 bits per heavy atom. The molecular weight excluding hydrogens is 278 g/mol. The van der Waals surface area contributed by atoms with E-state index in [1.54, 1.807) is 14.0 Å². The van der Waals surface area contributed by atoms with Gasteiger partial charge in [0.1, 0.15) is 11.8 Å². The van der Waals surface area contributed by atoms with Crippen LogP contribution in [0.25, 0.3) is 11.1 Å². The summed E-state index contributed by atoms with van der Waals surface area (Å²) in [5.41, 5.74) is 9.05. The smallest absolute Gasteiger partial charge is 0.323 e. The van der Waals surface area contributed by atoms with Crippen molar-refractivity contribution in [3.8, 4) is 16.9 Å². The van der Waals surface area contributed by atoms with Crippen LogP contribution in [-0.4, -0.2) is 25.7 Å². The van der Waals surface area contributed by atoms with Crippen molar-refractivity contribution in [2.24, 2.45) is 5.73 Å². The minimum atomic E-state index is -0.633. The molecule has 0 heterocycles. The Labute approximate surface area is 130 Å². The van der Waals surface area contributed by atoms with Gasteiger partial charge in [-0.05, 0) is 42.2 Å². The summed E-state index contributed by atoms with van der Waals surface area (Å²) < 4.78 is 10.1. The number of esters is 1. The molecule has 0 aliphatic heterocycles. The first-order chi connectivity index (χ1) is 10.6. The normalized spacial score (nSPS) is 11.8. The van der Waals surface area contributed by atoms with Crippen LogP contribution < -0.4 is 10.5 Å². The lowest BCUT2D eigenvalue weighted by Crippen LogP contribution is -2.34. The summed E-state index contributed by atoms with van der Waals surface area (Å²) in [6, 6.07) is 15.2. The molecule has 4 nitrogen and oxygen atoms in total. The van der Waals surface area contributed by atoms with Crippen LogP contribution in [0.1, 0.15) is 12.5 Å². The lowest BCUT2D eigenvalue weighted by molar-refractivity contribution is -0.144. The van der Waals surface area contributed by atoms with Gasteiger partial charge in [-0.3, -0.25) is 4.79 Å². The summed E-state index contributed by atoms with van der Waals surface area (Å²) in [5.74, 6) is 0.460. The van der Waals surface area contributed by atoms with E-state index in [-0.39, 0.29) is 5.97 Å². The summed E-state index contributed by atoms with van der Waals surface area (Å²) >= 11 is 0. The van der Waals surface area contributed by atoms with Crippen molar-refractivity contribution in [1.29, 1.82) is 0 Å². The molecule has 1 atom stereocenters. The molecule has 0 radical (unpaired) electrons. The van der Waals surface area contributed by atoms with Gasteiger partial charge in [0.15, 0.2) is 0 Å². The van der Waals surface area contributed by atoms with Gasteiger partial charge in [0, 0.05) is 0 Å². The number of carbonyl (C=O) groups is 1. The highest BCUT2D eigenvalue weighted by Gasteiger charge is 2.15. The van der Waals surface area contributed by atoms with Gasteiger partial charge < -0.3 is 15.2 Å². The fourth-order valence-electron chi connectivity index (χ4n) is 2.25. The maximum atomic E-state index is 11.6. The van der Waals surface area contributed by atoms with Gasteiger partial charge in [0.25, 0.3) is 0 Å². The predicted molar refractivity (Wildman–Crippen MR) is 86.7 cm³/mol. The molecule has 116 valence electrons. The summed E-state index contributed by atoms with van der Waals surface area (Å²) in [5, 5.41) is 0. The van der Waals surface area contributed by atoms with Gasteiger partial charge in [-0.1, -0.05) is 36.4 Å². The van der Waals surface area contributed by atoms with E-state index in [2.05, 4.69) is 0 Å². The fraction of sp³-hybridized carbons (Fsp3) is 0.278. The Morgan fingerprint density at radius 2 is 1.86 bits per heavy atom. The van der Waals surface area contributed by atoms with Crippen LogP contribution >= 0.6 is 0 Å². The second-order valence-corrected chi connectivity index (χ2v) is 4.99. The number of nitrogens with two attached hydrogens (primary N) is 1. The highest BCUT2D eigenvalue weighted by Crippen LogP contribution is 2.23. The van der Waals surface area contributed by atoms with Gasteiger partial charge in [-0.2, -0.15) is 0 Å². The molecule has 0 spiro atoms. The SMILES string of the molecule is CCOC(=O)[C@@H](N)Cc1cccc(-c2ccc(OC)cc2)c1. The van der Waals surface area contributed by atoms with E-state index in [4.69, 9.17) is 15.2 Å². The van der Waals surface area contributed by atoms with Crippen LogP contribution in [0.4, 0.5) is 0 Å². The van der Waals surface area contributed by atoms with Crippen LogP contribution in [0, 0.1) is 0 Å². The second kappa shape index (κ2) is 7.61. The van der Waals surface area contributed by atoms with E-state index >= 15 is 0 Å². The summed E-state index contributed by atoms with van der Waals surface area (Å²) in [4.78, 5) is 11.6. The molecule has 0 aromatic heterocycles. The number of benzene rings is 2. The van der Waals surface area contributed by atoms with Crippen LogP contribution in [0.2, 0.25) is 0 Å². The minimum Gasteiger partial charge on any atom is -0.497 e. The first kappa shape index (κ1) is 16.0. The molecular formula is C18H21NO3. The van der Waals surface area contributed by atoms with Crippen molar-refractivity contribution in [2.75, 3.05) is 13.7 Å². The van der Waals surface area contributed by atoms with E-state index < -0.39 is 6.04 Å². The first-order valence-corrected chi connectivity index (χ1v) is 7.29. The molecule has 0 saturated heterocycles. The van der Waals surface area contributed by atoms with Gasteiger partial charge in [-0.15, -0.1) is 0 Å². The number of ether oxygens (including phenoxy) is 2. The summed E-state index contributed by atoms with van der Waals surface area (Å²) in [6.07, 6.45) is 0.461. The third kappa shape index (κ3) is 4.09. The average Bonchev–Trinajstić information content (AvgIpc) is 2.55. The van der Waals surface area contributed by atoms with Crippen molar-refractivity contribution in [2.45, 2.75) is 19.4 Å². The van der Waals surface area contributed by atoms with E-state index in [1.165, 1.54) is 0 Å². The molecule has 4 heteroatoms. The zero-order chi connectivity index (χ0) is 15.9. The average molecular weight is 299 g/mol. The summed E-state index contributed by atoms with van der Waals surface area (Å²) in [7, 11) is 1.65. The Morgan fingerprint density at radius 3 is 2.50 bits per heavy atom. The van der Waals surface area contributed by atoms with Gasteiger partial charge in [0.2, 0.25) is 0 Å². The molecule has 0 aliphatic rings. The van der Waals surface area contributed by atoms with Crippen molar-refractivity contribution < 1.29 is 14.3 Å². The fourth-order valence-corrected chi connectivity index (χ4v) is 2.25. The number of rotatable bonds is 6. The Balaban J connectivity index is 2.13. The Bertz CT molecular complexity index is 622. The zero-order valence-electron chi connectivity index (χ0n) is 12.9. The molecule has 0 unspecified atom stereocenters. The Kier molecular flexibility index (Phi) is 5.55. The maximum absolute atomic E-state index is 11.6. The third-order valence-electron chi connectivity index (χ3n) is 3.40. The molecule has 0 fully saturated rings. The van der Waals surface area contributed by atoms with E-state index in [0.29, 0.717) is 13.0 Å². The molecule has 2 N–H and O–H groups in total. The lowest BCUT2D eigenvalue weighted by Gasteiger charge is -2.11. The monoisotopic (exact) mass is 299 g/mol. The summed E-state index contributed by atoms with van der Waals surface area (Å²) in [6.45, 7) is 2.12. The zero-order valence-corrected chi connectivity index (χ0v) is 12.9. The van der Waals surface area contributed by atoms with E-state index in [1.807, 2.05) is 48.5 Å². The van der Waals surface area contributed by atoms with Gasteiger partial charge in [-0.25, -0.2) is 0 Å². The van der Waals surface area contributed by atoms with Gasteiger partial charge in [0.05, 0.1) is 13.7 Å². The predicted octanol–water partition coefficient (Wildman–Crippen LogP) is 2.80. The van der Waals surface area contributed by atoms with Crippen molar-refractivity contribution in [1.82, 2.24) is 0 Å². The first-order valence-electron chi connectivity index (χ1n) is 7.29. The molecule has 0 amide bonds. The van der Waals surface area contributed by atoms with Gasteiger partial charge >= 0.3 is 5.97 Å². The van der Waals surface area contributed by atoms with Crippen LogP contribution in [-0.2, 0) is 16.0 Å². The van der Waals surface area contributed by atoms with Crippen molar-refractivity contribution >= 4 is 5.97 Å². The lowest BCUT2D eigenvalue weighted by atomic mass is 9.99. The number of carbonyl (C=O) groups excluding carboxylic acids is 1. The quantitative estimate of drug-likeness (QED) is 0.833. The van der Waals surface area contributed by atoms with Crippen LogP contribution in [0.5, 0.6) is 5.75 Å². The van der Waals surface area contributed by atoms with Crippen LogP contribution in [0.15, 0.2) is 48.5 Å². The minimum absolute atomic E-state index is 0.346. The molecule has 2 rings (SSSR count).